The van der Waals surface area contributed by atoms with Gasteiger partial charge in [0, 0.05) is 43.8 Å². The summed E-state index contributed by atoms with van der Waals surface area (Å²) in [6.07, 6.45) is 3.13. The van der Waals surface area contributed by atoms with Gasteiger partial charge in [-0.3, -0.25) is 0 Å². The first-order chi connectivity index (χ1) is 35.2. The molecule has 8 bridgehead atoms. The first kappa shape index (κ1) is 43.2. The Hall–Kier alpha value is -8.88. The summed E-state index contributed by atoms with van der Waals surface area (Å²) < 4.78 is 0. The van der Waals surface area contributed by atoms with Gasteiger partial charge in [-0.2, -0.15) is 0 Å². The van der Waals surface area contributed by atoms with Gasteiger partial charge < -0.3 is 9.97 Å². The molecule has 11 aromatic rings. The largest absolute Gasteiger partial charge is 0.324 e. The molecule has 0 atom stereocenters. The van der Waals surface area contributed by atoms with Gasteiger partial charge in [-0.1, -0.05) is 121 Å². The predicted octanol–water partition coefficient (Wildman–Crippen LogP) is 14.5. The summed E-state index contributed by atoms with van der Waals surface area (Å²) >= 11 is 0. The molecule has 5 heterocycles. The fourth-order valence-corrected chi connectivity index (χ4v) is 10.6. The molecule has 346 valence electrons. The number of nitrogens with one attached hydrogen (secondary N) is 2. The Bertz CT molecular complexity index is 3850. The molecule has 0 unspecified atom stereocenters. The Morgan fingerprint density at radius 1 is 0.278 bits per heavy atom. The minimum Gasteiger partial charge on any atom is -0.324 e. The maximum Gasteiger partial charge on any atom is 0.164 e. The Kier molecular flexibility index (Phi) is 10.5. The van der Waals surface area contributed by atoms with Gasteiger partial charge in [0.15, 0.2) is 23.3 Å². The molecule has 0 fully saturated rings. The number of hydrogen-bond donors (Lipinski definition) is 2. The van der Waals surface area contributed by atoms with Crippen molar-refractivity contribution in [1.82, 2.24) is 39.9 Å². The van der Waals surface area contributed by atoms with Crippen LogP contribution in [0.25, 0.3) is 89.7 Å². The van der Waals surface area contributed by atoms with Crippen molar-refractivity contribution in [2.45, 2.75) is 53.4 Å². The molecule has 2 aliphatic rings. The van der Waals surface area contributed by atoms with Crippen LogP contribution in [-0.2, 0) is 25.7 Å². The SMILES string of the molecule is Cc1cc2c(cc1Cc1ccccc1)-c1nc-2nc2[nH]c(nc3nc(nc4[nH]c(n1)c1cc(C)c(Cc5ccccc5)cc41)-c1cc(C)c(Cc4ccccc4)cc1-3)c1cc(C)c(Cc3ccccc3)cc21. The molecule has 0 radical (unpaired) electrons. The molecular formula is C64H50N8. The van der Waals surface area contributed by atoms with Gasteiger partial charge in [0.2, 0.25) is 0 Å². The lowest BCUT2D eigenvalue weighted by molar-refractivity contribution is 1.16. The third kappa shape index (κ3) is 7.91. The van der Waals surface area contributed by atoms with E-state index in [-0.39, 0.29) is 0 Å². The molecule has 3 aromatic heterocycles. The Labute approximate surface area is 417 Å². The van der Waals surface area contributed by atoms with Crippen molar-refractivity contribution in [2.24, 2.45) is 0 Å². The van der Waals surface area contributed by atoms with Crippen LogP contribution in [-0.4, -0.2) is 39.9 Å². The number of aromatic amines is 2. The second-order valence-corrected chi connectivity index (χ2v) is 19.6. The molecular weight excluding hydrogens is 881 g/mol. The van der Waals surface area contributed by atoms with Gasteiger partial charge >= 0.3 is 0 Å². The molecule has 0 amide bonds. The summed E-state index contributed by atoms with van der Waals surface area (Å²) in [7, 11) is 0. The lowest BCUT2D eigenvalue weighted by Crippen LogP contribution is -1.94. The summed E-state index contributed by atoms with van der Waals surface area (Å²) in [5.41, 5.74) is 21.0. The standard InChI is InChI=1S/C64H50N8/c1-37-25-49-53(33-45(37)29-41-17-9-5-10-18-41)61-65-57(49)69-62-54-34-46(30-42-19-11-6-12-20-42)38(2)26-50(54)59(66-62)71-64-56-36-48(32-44-23-15-8-16-24-44)40(4)28-52(56)60(68-64)72-63-55-35-47(31-43-21-13-7-14-22-43)39(3)27-51(55)58(67-63)70-61/h5-28,33-36H,29-32H2,1-4H3,(H2,65,66,67,68,69,70,71,72). The van der Waals surface area contributed by atoms with E-state index in [0.29, 0.717) is 45.9 Å². The maximum absolute atomic E-state index is 5.49. The summed E-state index contributed by atoms with van der Waals surface area (Å²) in [4.78, 5) is 40.1. The van der Waals surface area contributed by atoms with Crippen LogP contribution < -0.4 is 0 Å². The van der Waals surface area contributed by atoms with E-state index in [9.17, 15) is 0 Å². The Morgan fingerprint density at radius 3 is 0.833 bits per heavy atom. The second-order valence-electron chi connectivity index (χ2n) is 19.6. The second kappa shape index (κ2) is 17.5. The fourth-order valence-electron chi connectivity index (χ4n) is 10.6. The number of fused-ring (bicyclic) bond motifs is 20. The van der Waals surface area contributed by atoms with Crippen molar-refractivity contribution in [3.63, 3.8) is 0 Å². The van der Waals surface area contributed by atoms with Crippen molar-refractivity contribution >= 4 is 44.1 Å². The van der Waals surface area contributed by atoms with E-state index in [0.717, 1.165) is 69.5 Å². The average Bonchev–Trinajstić information content (AvgIpc) is 4.10. The van der Waals surface area contributed by atoms with Crippen molar-refractivity contribution < 1.29 is 0 Å². The van der Waals surface area contributed by atoms with Crippen molar-refractivity contribution in [1.29, 1.82) is 0 Å². The van der Waals surface area contributed by atoms with Gasteiger partial charge in [0.05, 0.1) is 0 Å². The van der Waals surface area contributed by atoms with E-state index in [1.54, 1.807) is 0 Å². The Morgan fingerprint density at radius 2 is 0.528 bits per heavy atom. The number of H-pyrrole nitrogens is 2. The van der Waals surface area contributed by atoms with Gasteiger partial charge in [0.1, 0.15) is 22.6 Å². The van der Waals surface area contributed by atoms with Gasteiger partial charge in [-0.15, -0.1) is 0 Å². The molecule has 0 aliphatic carbocycles. The van der Waals surface area contributed by atoms with Crippen LogP contribution in [0.2, 0.25) is 0 Å². The molecule has 2 aliphatic heterocycles. The monoisotopic (exact) mass is 930 g/mol. The predicted molar refractivity (Wildman–Crippen MR) is 292 cm³/mol. The number of rotatable bonds is 8. The number of hydrogen-bond acceptors (Lipinski definition) is 6. The van der Waals surface area contributed by atoms with Crippen LogP contribution in [0.15, 0.2) is 170 Å². The molecule has 72 heavy (non-hydrogen) atoms. The summed E-state index contributed by atoms with van der Waals surface area (Å²) in [6.45, 7) is 8.73. The normalized spacial score (nSPS) is 11.8. The van der Waals surface area contributed by atoms with Crippen LogP contribution >= 0.6 is 0 Å². The number of aryl methyl sites for hydroxylation is 4. The van der Waals surface area contributed by atoms with Crippen molar-refractivity contribution in [3.8, 4) is 45.6 Å². The van der Waals surface area contributed by atoms with Crippen LogP contribution in [0.1, 0.15) is 66.8 Å². The molecule has 13 rings (SSSR count). The molecule has 2 N–H and O–H groups in total. The van der Waals surface area contributed by atoms with E-state index in [2.05, 4.69) is 208 Å². The van der Waals surface area contributed by atoms with Crippen LogP contribution in [0.5, 0.6) is 0 Å². The zero-order chi connectivity index (χ0) is 48.5. The van der Waals surface area contributed by atoms with E-state index in [1.165, 1.54) is 66.8 Å². The van der Waals surface area contributed by atoms with E-state index >= 15 is 0 Å². The Balaban J connectivity index is 1.12. The smallest absolute Gasteiger partial charge is 0.164 e. The fraction of sp³-hybridized carbons (Fsp3) is 0.125. The van der Waals surface area contributed by atoms with Gasteiger partial charge in [-0.05, 0) is 169 Å². The molecule has 0 saturated carbocycles. The zero-order valence-corrected chi connectivity index (χ0v) is 40.7. The minimum atomic E-state index is 0.590. The number of nitrogens with zero attached hydrogens (tertiary/aromatic N) is 6. The zero-order valence-electron chi connectivity index (χ0n) is 40.7. The third-order valence-corrected chi connectivity index (χ3v) is 14.6. The molecule has 8 aromatic carbocycles. The van der Waals surface area contributed by atoms with Crippen molar-refractivity contribution in [2.75, 3.05) is 0 Å². The highest BCUT2D eigenvalue weighted by Gasteiger charge is 2.25. The van der Waals surface area contributed by atoms with Gasteiger partial charge in [0.25, 0.3) is 0 Å². The number of benzene rings is 8. The van der Waals surface area contributed by atoms with Crippen LogP contribution in [0.3, 0.4) is 0 Å². The van der Waals surface area contributed by atoms with E-state index in [1.807, 2.05) is 0 Å². The summed E-state index contributed by atoms with van der Waals surface area (Å²) in [5.74, 6) is 2.36. The molecule has 0 saturated heterocycles. The lowest BCUT2D eigenvalue weighted by Gasteiger charge is -2.10. The highest BCUT2D eigenvalue weighted by Crippen LogP contribution is 2.40. The maximum atomic E-state index is 5.49. The molecule has 8 nitrogen and oxygen atoms in total. The highest BCUT2D eigenvalue weighted by atomic mass is 15.1. The topological polar surface area (TPSA) is 109 Å². The molecule has 0 spiro atoms. The van der Waals surface area contributed by atoms with Crippen LogP contribution in [0.4, 0.5) is 0 Å². The van der Waals surface area contributed by atoms with Crippen molar-refractivity contribution in [3.05, 3.63) is 237 Å². The number of aromatic nitrogens is 8. The quantitative estimate of drug-likeness (QED) is 0.157. The minimum absolute atomic E-state index is 0.590. The summed E-state index contributed by atoms with van der Waals surface area (Å²) in [6, 6.07) is 60.6. The van der Waals surface area contributed by atoms with Crippen LogP contribution in [0, 0.1) is 27.7 Å². The van der Waals surface area contributed by atoms with E-state index < -0.39 is 0 Å². The van der Waals surface area contributed by atoms with Gasteiger partial charge in [-0.25, -0.2) is 29.9 Å². The first-order valence-electron chi connectivity index (χ1n) is 24.8. The average molecular weight is 931 g/mol. The lowest BCUT2D eigenvalue weighted by atomic mass is 9.95. The summed E-state index contributed by atoms with van der Waals surface area (Å²) in [5, 5.41) is 3.84. The van der Waals surface area contributed by atoms with E-state index in [4.69, 9.17) is 29.9 Å². The third-order valence-electron chi connectivity index (χ3n) is 14.6. The first-order valence-corrected chi connectivity index (χ1v) is 24.8. The molecule has 8 heteroatoms. The highest BCUT2D eigenvalue weighted by molar-refractivity contribution is 6.07.